The van der Waals surface area contributed by atoms with E-state index in [4.69, 9.17) is 14.0 Å². The summed E-state index contributed by atoms with van der Waals surface area (Å²) in [6, 6.07) is 5.64. The molecule has 1 fully saturated rings. The van der Waals surface area contributed by atoms with E-state index in [0.717, 1.165) is 23.1 Å². The van der Waals surface area contributed by atoms with Crippen molar-refractivity contribution < 1.29 is 32.4 Å². The molecule has 13 heteroatoms. The van der Waals surface area contributed by atoms with Gasteiger partial charge in [0, 0.05) is 12.1 Å². The van der Waals surface area contributed by atoms with Crippen LogP contribution in [-0.4, -0.2) is 53.3 Å². The summed E-state index contributed by atoms with van der Waals surface area (Å²) >= 11 is 0. The van der Waals surface area contributed by atoms with E-state index < -0.39 is 35.5 Å². The van der Waals surface area contributed by atoms with Crippen molar-refractivity contribution in [3.8, 4) is 22.9 Å². The number of fused-ring (bicyclic) bond motifs is 1. The van der Waals surface area contributed by atoms with Gasteiger partial charge in [-0.25, -0.2) is 13.7 Å². The third kappa shape index (κ3) is 3.41. The molecule has 2 aromatic carbocycles. The number of rotatable bonds is 6. The van der Waals surface area contributed by atoms with E-state index in [0.29, 0.717) is 17.1 Å². The molecule has 174 valence electrons. The molecule has 0 unspecified atom stereocenters. The number of carbonyl (C=O) groups is 2. The summed E-state index contributed by atoms with van der Waals surface area (Å²) in [6.45, 7) is -0.110. The van der Waals surface area contributed by atoms with Crippen LogP contribution < -0.4 is 14.4 Å². The van der Waals surface area contributed by atoms with Crippen LogP contribution in [0.1, 0.15) is 5.89 Å². The van der Waals surface area contributed by atoms with Crippen molar-refractivity contribution in [2.75, 3.05) is 19.1 Å². The third-order valence-corrected chi connectivity index (χ3v) is 5.43. The lowest BCUT2D eigenvalue weighted by molar-refractivity contribution is -0.123. The maximum absolute atomic E-state index is 13.7. The highest BCUT2D eigenvalue weighted by Gasteiger charge is 2.55. The molecule has 2 amide bonds. The molecule has 34 heavy (non-hydrogen) atoms. The zero-order valence-corrected chi connectivity index (χ0v) is 17.8. The lowest BCUT2D eigenvalue weighted by Crippen LogP contribution is -2.39. The highest BCUT2D eigenvalue weighted by atomic mass is 19.2. The predicted molar refractivity (Wildman–Crippen MR) is 110 cm³/mol. The van der Waals surface area contributed by atoms with E-state index in [1.807, 2.05) is 0 Å². The number of nitrogens with zero attached hydrogens (tertiary/aromatic N) is 6. The number of anilines is 1. The zero-order chi connectivity index (χ0) is 24.0. The lowest BCUT2D eigenvalue weighted by Gasteiger charge is -2.19. The highest BCUT2D eigenvalue weighted by Crippen LogP contribution is 2.34. The number of carbonyl (C=O) groups excluding carboxylic acids is 2. The van der Waals surface area contributed by atoms with Gasteiger partial charge in [0.1, 0.15) is 18.0 Å². The summed E-state index contributed by atoms with van der Waals surface area (Å²) in [5, 5.41) is 13.0. The Morgan fingerprint density at radius 2 is 1.85 bits per heavy atom. The van der Waals surface area contributed by atoms with Crippen LogP contribution in [0.15, 0.2) is 51.3 Å². The largest absolute Gasteiger partial charge is 0.497 e. The highest BCUT2D eigenvalue weighted by molar-refractivity contribution is 6.25. The molecule has 1 saturated heterocycles. The van der Waals surface area contributed by atoms with Crippen molar-refractivity contribution in [1.82, 2.24) is 15.1 Å². The molecule has 0 spiro atoms. The average molecular weight is 470 g/mol. The van der Waals surface area contributed by atoms with Gasteiger partial charge in [-0.1, -0.05) is 10.4 Å². The van der Waals surface area contributed by atoms with Crippen LogP contribution in [0.3, 0.4) is 0 Å². The molecular formula is C21H16F2N6O5. The summed E-state index contributed by atoms with van der Waals surface area (Å²) in [5.41, 5.74) is 0.459. The first-order valence-corrected chi connectivity index (χ1v) is 9.96. The second-order valence-electron chi connectivity index (χ2n) is 7.38. The van der Waals surface area contributed by atoms with Crippen LogP contribution in [0, 0.1) is 11.6 Å². The van der Waals surface area contributed by atoms with Crippen LogP contribution in [-0.2, 0) is 16.1 Å². The van der Waals surface area contributed by atoms with Crippen molar-refractivity contribution in [2.24, 2.45) is 10.3 Å². The molecule has 0 N–H and O–H groups in total. The molecule has 3 heterocycles. The first-order chi connectivity index (χ1) is 16.4. The van der Waals surface area contributed by atoms with Crippen molar-refractivity contribution in [3.63, 3.8) is 0 Å². The van der Waals surface area contributed by atoms with Crippen LogP contribution in [0.4, 0.5) is 14.5 Å². The fraction of sp³-hybridized carbons (Fsp3) is 0.238. The predicted octanol–water partition coefficient (Wildman–Crippen LogP) is 2.53. The summed E-state index contributed by atoms with van der Waals surface area (Å²) in [5.74, 6) is -2.25. The minimum atomic E-state index is -1.18. The van der Waals surface area contributed by atoms with Gasteiger partial charge in [0.05, 0.1) is 25.5 Å². The van der Waals surface area contributed by atoms with Crippen molar-refractivity contribution >= 4 is 17.5 Å². The first-order valence-electron chi connectivity index (χ1n) is 9.96. The van der Waals surface area contributed by atoms with E-state index >= 15 is 0 Å². The standard InChI is InChI=1S/C21H16F2N6O5/c1-32-11-4-5-12(15(8-11)33-2)19-24-16(34-26-19)9-28-18-17(25-27-28)20(30)29(21(18)31)10-3-6-13(22)14(23)7-10/h3-8,17-18H,9H2,1-2H3/t17-,18-/m1/s1. The number of aromatic nitrogens is 2. The van der Waals surface area contributed by atoms with Gasteiger partial charge < -0.3 is 14.0 Å². The number of imide groups is 1. The molecule has 0 saturated carbocycles. The molecule has 2 aliphatic heterocycles. The summed E-state index contributed by atoms with van der Waals surface area (Å²) in [7, 11) is 3.02. The van der Waals surface area contributed by atoms with E-state index in [9.17, 15) is 18.4 Å². The number of amides is 2. The third-order valence-electron chi connectivity index (χ3n) is 5.43. The Bertz CT molecular complexity index is 1330. The van der Waals surface area contributed by atoms with Gasteiger partial charge in [-0.2, -0.15) is 10.1 Å². The summed E-state index contributed by atoms with van der Waals surface area (Å²) < 4.78 is 42.8. The van der Waals surface area contributed by atoms with Gasteiger partial charge in [-0.05, 0) is 24.3 Å². The fourth-order valence-electron chi connectivity index (χ4n) is 3.78. The second-order valence-corrected chi connectivity index (χ2v) is 7.38. The number of benzene rings is 2. The van der Waals surface area contributed by atoms with Gasteiger partial charge in [0.15, 0.2) is 23.7 Å². The lowest BCUT2D eigenvalue weighted by atomic mass is 10.1. The molecule has 5 rings (SSSR count). The molecule has 11 nitrogen and oxygen atoms in total. The van der Waals surface area contributed by atoms with E-state index in [1.165, 1.54) is 19.2 Å². The van der Waals surface area contributed by atoms with Gasteiger partial charge >= 0.3 is 0 Å². The molecule has 0 aliphatic carbocycles. The van der Waals surface area contributed by atoms with Crippen LogP contribution >= 0.6 is 0 Å². The maximum Gasteiger partial charge on any atom is 0.263 e. The molecular weight excluding hydrogens is 454 g/mol. The Labute approximate surface area is 190 Å². The van der Waals surface area contributed by atoms with Crippen LogP contribution in [0.5, 0.6) is 11.5 Å². The van der Waals surface area contributed by atoms with Crippen LogP contribution in [0.2, 0.25) is 0 Å². The minimum Gasteiger partial charge on any atom is -0.497 e. The van der Waals surface area contributed by atoms with Gasteiger partial charge in [0.2, 0.25) is 11.7 Å². The molecule has 1 aromatic heterocycles. The quantitative estimate of drug-likeness (QED) is 0.504. The van der Waals surface area contributed by atoms with Crippen molar-refractivity contribution in [1.29, 1.82) is 0 Å². The molecule has 0 bridgehead atoms. The zero-order valence-electron chi connectivity index (χ0n) is 17.8. The van der Waals surface area contributed by atoms with Crippen molar-refractivity contribution in [2.45, 2.75) is 18.6 Å². The maximum atomic E-state index is 13.7. The minimum absolute atomic E-state index is 0.0925. The average Bonchev–Trinajstić information content (AvgIpc) is 3.53. The van der Waals surface area contributed by atoms with E-state index in [-0.39, 0.29) is 23.9 Å². The topological polar surface area (TPSA) is 123 Å². The second kappa shape index (κ2) is 8.17. The van der Waals surface area contributed by atoms with E-state index in [2.05, 4.69) is 20.5 Å². The normalized spacial score (nSPS) is 19.2. The van der Waals surface area contributed by atoms with Gasteiger partial charge in [0.25, 0.3) is 11.8 Å². The Morgan fingerprint density at radius 1 is 1.03 bits per heavy atom. The summed E-state index contributed by atoms with van der Waals surface area (Å²) in [6.07, 6.45) is 0. The van der Waals surface area contributed by atoms with Crippen molar-refractivity contribution in [3.05, 3.63) is 53.9 Å². The number of halogens is 2. The number of hydrogen-bond donors (Lipinski definition) is 0. The van der Waals surface area contributed by atoms with Crippen LogP contribution in [0.25, 0.3) is 11.4 Å². The number of hydrogen-bond acceptors (Lipinski definition) is 10. The molecule has 2 aliphatic rings. The molecule has 3 aromatic rings. The smallest absolute Gasteiger partial charge is 0.263 e. The first kappa shape index (κ1) is 21.4. The Morgan fingerprint density at radius 3 is 2.59 bits per heavy atom. The monoisotopic (exact) mass is 470 g/mol. The van der Waals surface area contributed by atoms with Gasteiger partial charge in [-0.3, -0.25) is 14.6 Å². The van der Waals surface area contributed by atoms with E-state index in [1.54, 1.807) is 18.2 Å². The Kier molecular flexibility index (Phi) is 5.15. The molecule has 2 atom stereocenters. The number of methoxy groups -OCH3 is 2. The SMILES string of the molecule is COc1ccc(-c2noc(CN3N=N[C@H]4C(=O)N(c5ccc(F)c(F)c5)C(=O)[C@@H]43)n2)c(OC)c1. The molecule has 0 radical (unpaired) electrons. The Hall–Kier alpha value is -4.42. The van der Waals surface area contributed by atoms with Gasteiger partial charge in [-0.15, -0.1) is 0 Å². The Balaban J connectivity index is 1.37. The fourth-order valence-corrected chi connectivity index (χ4v) is 3.78. The summed E-state index contributed by atoms with van der Waals surface area (Å²) in [4.78, 5) is 30.8. The number of ether oxygens (including phenoxy) is 2.